The van der Waals surface area contributed by atoms with E-state index in [9.17, 15) is 0 Å². The molecule has 0 spiro atoms. The van der Waals surface area contributed by atoms with Crippen LogP contribution >= 0.6 is 11.6 Å². The van der Waals surface area contributed by atoms with Gasteiger partial charge >= 0.3 is 0 Å². The Kier molecular flexibility index (Phi) is 2.53. The first-order valence-corrected chi connectivity index (χ1v) is 5.93. The molecule has 1 atom stereocenters. The Labute approximate surface area is 98.6 Å². The fourth-order valence-corrected chi connectivity index (χ4v) is 2.30. The van der Waals surface area contributed by atoms with Crippen LogP contribution in [0.15, 0.2) is 18.3 Å². The molecule has 4 nitrogen and oxygen atoms in total. The van der Waals surface area contributed by atoms with Gasteiger partial charge in [0.1, 0.15) is 0 Å². The molecule has 3 rings (SSSR count). The summed E-state index contributed by atoms with van der Waals surface area (Å²) >= 11 is 5.90. The quantitative estimate of drug-likeness (QED) is 0.863. The number of halogens is 1. The summed E-state index contributed by atoms with van der Waals surface area (Å²) in [5.74, 6) is 0.890. The summed E-state index contributed by atoms with van der Waals surface area (Å²) in [4.78, 5) is 4.47. The molecule has 5 heteroatoms. The average Bonchev–Trinajstić information content (AvgIpc) is 2.86. The minimum absolute atomic E-state index is 0.535. The molecule has 0 saturated carbocycles. The lowest BCUT2D eigenvalue weighted by Gasteiger charge is -2.05. The molecule has 0 bridgehead atoms. The van der Waals surface area contributed by atoms with E-state index in [1.807, 2.05) is 12.1 Å². The van der Waals surface area contributed by atoms with Crippen LogP contribution in [0.5, 0.6) is 0 Å². The van der Waals surface area contributed by atoms with Gasteiger partial charge in [0.15, 0.2) is 11.5 Å². The van der Waals surface area contributed by atoms with Crippen LogP contribution in [-0.2, 0) is 6.42 Å². The van der Waals surface area contributed by atoms with Gasteiger partial charge in [-0.1, -0.05) is 11.6 Å². The van der Waals surface area contributed by atoms with E-state index < -0.39 is 0 Å². The number of aromatic nitrogens is 3. The summed E-state index contributed by atoms with van der Waals surface area (Å²) in [7, 11) is 0. The van der Waals surface area contributed by atoms with Crippen LogP contribution in [0, 0.1) is 0 Å². The highest BCUT2D eigenvalue weighted by Gasteiger charge is 2.16. The summed E-state index contributed by atoms with van der Waals surface area (Å²) in [5, 5.41) is 8.55. The largest absolute Gasteiger partial charge is 0.314 e. The summed E-state index contributed by atoms with van der Waals surface area (Å²) < 4.78 is 1.74. The Morgan fingerprint density at radius 2 is 2.44 bits per heavy atom. The lowest BCUT2D eigenvalue weighted by Crippen LogP contribution is -2.24. The van der Waals surface area contributed by atoms with E-state index in [1.165, 1.54) is 12.8 Å². The molecule has 2 aromatic rings. The van der Waals surface area contributed by atoms with Crippen molar-refractivity contribution in [2.45, 2.75) is 25.3 Å². The highest BCUT2D eigenvalue weighted by atomic mass is 35.5. The van der Waals surface area contributed by atoms with Crippen LogP contribution < -0.4 is 5.32 Å². The highest BCUT2D eigenvalue weighted by molar-refractivity contribution is 6.30. The molecule has 0 radical (unpaired) electrons. The molecule has 3 heterocycles. The molecular weight excluding hydrogens is 224 g/mol. The van der Waals surface area contributed by atoms with Crippen molar-refractivity contribution >= 4 is 17.2 Å². The SMILES string of the molecule is Clc1ccc2nc(CC3CCCN3)nn2c1. The normalized spacial score (nSPS) is 20.7. The predicted octanol–water partition coefficient (Wildman–Crippen LogP) is 1.68. The third kappa shape index (κ3) is 1.90. The van der Waals surface area contributed by atoms with Crippen molar-refractivity contribution in [1.29, 1.82) is 0 Å². The van der Waals surface area contributed by atoms with Gasteiger partial charge < -0.3 is 5.32 Å². The number of fused-ring (bicyclic) bond motifs is 1. The van der Waals surface area contributed by atoms with Crippen LogP contribution in [0.1, 0.15) is 18.7 Å². The lowest BCUT2D eigenvalue weighted by atomic mass is 10.1. The van der Waals surface area contributed by atoms with Crippen LogP contribution in [0.25, 0.3) is 5.65 Å². The molecule has 16 heavy (non-hydrogen) atoms. The van der Waals surface area contributed by atoms with Crippen LogP contribution in [-0.4, -0.2) is 27.2 Å². The smallest absolute Gasteiger partial charge is 0.155 e. The molecule has 1 saturated heterocycles. The number of hydrogen-bond acceptors (Lipinski definition) is 3. The fraction of sp³-hybridized carbons (Fsp3) is 0.455. The minimum atomic E-state index is 0.535. The van der Waals surface area contributed by atoms with E-state index in [4.69, 9.17) is 11.6 Å². The summed E-state index contributed by atoms with van der Waals surface area (Å²) in [6.45, 7) is 1.11. The van der Waals surface area contributed by atoms with Gasteiger partial charge in [-0.2, -0.15) is 5.10 Å². The van der Waals surface area contributed by atoms with Gasteiger partial charge in [-0.15, -0.1) is 0 Å². The van der Waals surface area contributed by atoms with E-state index in [-0.39, 0.29) is 0 Å². The zero-order chi connectivity index (χ0) is 11.0. The number of hydrogen-bond donors (Lipinski definition) is 1. The van der Waals surface area contributed by atoms with Crippen molar-refractivity contribution in [2.24, 2.45) is 0 Å². The highest BCUT2D eigenvalue weighted by Crippen LogP contribution is 2.13. The standard InChI is InChI=1S/C11H13ClN4/c12-8-3-4-11-14-10(15-16(11)7-8)6-9-2-1-5-13-9/h3-4,7,9,13H,1-2,5-6H2. The molecule has 1 fully saturated rings. The molecule has 0 amide bonds. The van der Waals surface area contributed by atoms with Crippen molar-refractivity contribution < 1.29 is 0 Å². The molecule has 1 aliphatic rings. The Morgan fingerprint density at radius 3 is 3.25 bits per heavy atom. The first kappa shape index (κ1) is 10.1. The maximum Gasteiger partial charge on any atom is 0.155 e. The molecule has 1 aliphatic heterocycles. The lowest BCUT2D eigenvalue weighted by molar-refractivity contribution is 0.585. The first-order valence-electron chi connectivity index (χ1n) is 5.55. The van der Waals surface area contributed by atoms with Gasteiger partial charge in [-0.3, -0.25) is 0 Å². The van der Waals surface area contributed by atoms with Crippen molar-refractivity contribution in [2.75, 3.05) is 6.54 Å². The van der Waals surface area contributed by atoms with Crippen molar-refractivity contribution in [1.82, 2.24) is 19.9 Å². The summed E-state index contributed by atoms with van der Waals surface area (Å²) in [5.41, 5.74) is 0.859. The van der Waals surface area contributed by atoms with E-state index in [1.54, 1.807) is 10.7 Å². The average molecular weight is 237 g/mol. The molecule has 0 aliphatic carbocycles. The van der Waals surface area contributed by atoms with Crippen molar-refractivity contribution in [3.8, 4) is 0 Å². The minimum Gasteiger partial charge on any atom is -0.314 e. The van der Waals surface area contributed by atoms with Crippen LogP contribution in [0.3, 0.4) is 0 Å². The molecule has 84 valence electrons. The Balaban J connectivity index is 1.86. The Hall–Kier alpha value is -1.13. The maximum absolute atomic E-state index is 5.90. The van der Waals surface area contributed by atoms with Crippen molar-refractivity contribution in [3.05, 3.63) is 29.2 Å². The van der Waals surface area contributed by atoms with Crippen molar-refractivity contribution in [3.63, 3.8) is 0 Å². The molecule has 1 N–H and O–H groups in total. The third-order valence-corrected chi connectivity index (χ3v) is 3.15. The van der Waals surface area contributed by atoms with Crippen LogP contribution in [0.2, 0.25) is 5.02 Å². The molecule has 2 aromatic heterocycles. The number of nitrogens with zero attached hydrogens (tertiary/aromatic N) is 3. The van der Waals surface area contributed by atoms with E-state index >= 15 is 0 Å². The van der Waals surface area contributed by atoms with Gasteiger partial charge in [-0.25, -0.2) is 9.50 Å². The van der Waals surface area contributed by atoms with Gasteiger partial charge in [0.2, 0.25) is 0 Å². The number of pyridine rings is 1. The topological polar surface area (TPSA) is 42.2 Å². The predicted molar refractivity (Wildman–Crippen MR) is 62.7 cm³/mol. The second kappa shape index (κ2) is 4.03. The molecule has 0 aromatic carbocycles. The van der Waals surface area contributed by atoms with E-state index in [0.29, 0.717) is 11.1 Å². The first-order chi connectivity index (χ1) is 7.81. The maximum atomic E-state index is 5.90. The van der Waals surface area contributed by atoms with Gasteiger partial charge in [0, 0.05) is 18.7 Å². The van der Waals surface area contributed by atoms with Crippen LogP contribution in [0.4, 0.5) is 0 Å². The van der Waals surface area contributed by atoms with Gasteiger partial charge in [-0.05, 0) is 31.5 Å². The second-order valence-electron chi connectivity index (χ2n) is 4.18. The fourth-order valence-electron chi connectivity index (χ4n) is 2.14. The Morgan fingerprint density at radius 1 is 1.50 bits per heavy atom. The summed E-state index contributed by atoms with van der Waals surface area (Å²) in [6.07, 6.45) is 5.16. The van der Waals surface area contributed by atoms with E-state index in [0.717, 1.165) is 24.4 Å². The Bertz CT molecular complexity index is 502. The molecule has 1 unspecified atom stereocenters. The van der Waals surface area contributed by atoms with Gasteiger partial charge in [0.25, 0.3) is 0 Å². The zero-order valence-corrected chi connectivity index (χ0v) is 9.61. The number of rotatable bonds is 2. The summed E-state index contributed by atoms with van der Waals surface area (Å²) in [6, 6.07) is 4.26. The zero-order valence-electron chi connectivity index (χ0n) is 8.86. The van der Waals surface area contributed by atoms with Gasteiger partial charge in [0.05, 0.1) is 5.02 Å². The van der Waals surface area contributed by atoms with E-state index in [2.05, 4.69) is 15.4 Å². The molecular formula is C11H13ClN4. The number of nitrogens with one attached hydrogen (secondary N) is 1. The monoisotopic (exact) mass is 236 g/mol. The second-order valence-corrected chi connectivity index (χ2v) is 4.61. The third-order valence-electron chi connectivity index (χ3n) is 2.93.